The van der Waals surface area contributed by atoms with Gasteiger partial charge < -0.3 is 5.73 Å². The molecule has 1 fully saturated rings. The Kier molecular flexibility index (Phi) is 3.57. The van der Waals surface area contributed by atoms with Crippen LogP contribution in [0.5, 0.6) is 0 Å². The molecule has 1 aliphatic heterocycles. The molecule has 0 bridgehead atoms. The van der Waals surface area contributed by atoms with Crippen molar-refractivity contribution in [1.29, 1.82) is 0 Å². The lowest BCUT2D eigenvalue weighted by atomic mass is 9.89. The number of hydrogen-bond acceptors (Lipinski definition) is 2. The van der Waals surface area contributed by atoms with Crippen molar-refractivity contribution in [3.63, 3.8) is 0 Å². The molecule has 2 N–H and O–H groups in total. The van der Waals surface area contributed by atoms with Gasteiger partial charge in [-0.3, -0.25) is 0 Å². The summed E-state index contributed by atoms with van der Waals surface area (Å²) in [6.07, 6.45) is 2.78. The molecule has 2 heteroatoms. The van der Waals surface area contributed by atoms with Crippen LogP contribution in [0.25, 0.3) is 0 Å². The summed E-state index contributed by atoms with van der Waals surface area (Å²) in [5.41, 5.74) is 5.60. The Morgan fingerprint density at radius 1 is 1.50 bits per heavy atom. The van der Waals surface area contributed by atoms with Crippen molar-refractivity contribution in [3.05, 3.63) is 0 Å². The maximum absolute atomic E-state index is 5.60. The highest BCUT2D eigenvalue weighted by atomic mass is 32.2. The molecule has 10 heavy (non-hydrogen) atoms. The van der Waals surface area contributed by atoms with Gasteiger partial charge in [0.1, 0.15) is 0 Å². The van der Waals surface area contributed by atoms with Crippen LogP contribution in [0.4, 0.5) is 0 Å². The predicted octanol–water partition coefficient (Wildman–Crippen LogP) is 1.72. The van der Waals surface area contributed by atoms with Gasteiger partial charge in [0.15, 0.2) is 0 Å². The molecule has 0 spiro atoms. The molecule has 0 aliphatic carbocycles. The highest BCUT2D eigenvalue weighted by molar-refractivity contribution is 7.99. The van der Waals surface area contributed by atoms with Crippen molar-refractivity contribution in [2.75, 3.05) is 18.1 Å². The molecule has 0 saturated carbocycles. The number of nitrogens with two attached hydrogens (primary N) is 1. The summed E-state index contributed by atoms with van der Waals surface area (Å²) in [6.45, 7) is 3.15. The first-order chi connectivity index (χ1) is 4.84. The van der Waals surface area contributed by atoms with E-state index in [1.165, 1.54) is 24.3 Å². The lowest BCUT2D eigenvalue weighted by Crippen LogP contribution is -2.23. The second kappa shape index (κ2) is 4.24. The molecule has 1 unspecified atom stereocenters. The van der Waals surface area contributed by atoms with Crippen LogP contribution in [-0.4, -0.2) is 18.1 Å². The Morgan fingerprint density at radius 3 is 2.60 bits per heavy atom. The summed E-state index contributed by atoms with van der Waals surface area (Å²) in [6, 6.07) is 0. The molecule has 0 aromatic rings. The predicted molar refractivity (Wildman–Crippen MR) is 48.3 cm³/mol. The zero-order valence-corrected chi connectivity index (χ0v) is 7.49. The maximum atomic E-state index is 5.60. The Bertz CT molecular complexity index is 89.3. The molecule has 60 valence electrons. The molecule has 1 heterocycles. The van der Waals surface area contributed by atoms with E-state index in [0.29, 0.717) is 0 Å². The van der Waals surface area contributed by atoms with E-state index in [1.54, 1.807) is 0 Å². The van der Waals surface area contributed by atoms with Gasteiger partial charge in [-0.25, -0.2) is 0 Å². The van der Waals surface area contributed by atoms with E-state index in [4.69, 9.17) is 5.73 Å². The van der Waals surface area contributed by atoms with Crippen molar-refractivity contribution in [2.24, 2.45) is 17.6 Å². The second-order valence-electron chi connectivity index (χ2n) is 3.16. The molecule has 1 aliphatic rings. The average Bonchev–Trinajstić information content (AvgIpc) is 2.05. The molecule has 0 amide bonds. The average molecular weight is 159 g/mol. The topological polar surface area (TPSA) is 26.0 Å². The second-order valence-corrected chi connectivity index (χ2v) is 4.39. The highest BCUT2D eigenvalue weighted by Gasteiger charge is 2.18. The standard InChI is InChI=1S/C8H17NS/c1-7(6-9)8-2-4-10-5-3-8/h7-8H,2-6,9H2,1H3. The smallest absolute Gasteiger partial charge is 0.00488 e. The van der Waals surface area contributed by atoms with Crippen LogP contribution < -0.4 is 5.73 Å². The van der Waals surface area contributed by atoms with Crippen LogP contribution >= 0.6 is 11.8 Å². The minimum absolute atomic E-state index is 0.751. The number of thioether (sulfide) groups is 1. The Labute approximate surface area is 67.8 Å². The van der Waals surface area contributed by atoms with Gasteiger partial charge >= 0.3 is 0 Å². The minimum atomic E-state index is 0.751. The van der Waals surface area contributed by atoms with Crippen LogP contribution in [0.15, 0.2) is 0 Å². The van der Waals surface area contributed by atoms with Crippen LogP contribution in [0, 0.1) is 11.8 Å². The highest BCUT2D eigenvalue weighted by Crippen LogP contribution is 2.27. The molecule has 0 radical (unpaired) electrons. The summed E-state index contributed by atoms with van der Waals surface area (Å²) in [5, 5.41) is 0. The Hall–Kier alpha value is 0.310. The van der Waals surface area contributed by atoms with Crippen molar-refractivity contribution < 1.29 is 0 Å². The van der Waals surface area contributed by atoms with E-state index in [2.05, 4.69) is 18.7 Å². The van der Waals surface area contributed by atoms with E-state index in [9.17, 15) is 0 Å². The molecule has 1 rings (SSSR count). The van der Waals surface area contributed by atoms with Gasteiger partial charge in [0.25, 0.3) is 0 Å². The molecule has 1 atom stereocenters. The third-order valence-corrected chi connectivity index (χ3v) is 3.49. The quantitative estimate of drug-likeness (QED) is 0.664. The lowest BCUT2D eigenvalue weighted by Gasteiger charge is -2.26. The van der Waals surface area contributed by atoms with Gasteiger partial charge in [0, 0.05) is 0 Å². The monoisotopic (exact) mass is 159 g/mol. The number of rotatable bonds is 2. The van der Waals surface area contributed by atoms with E-state index in [-0.39, 0.29) is 0 Å². The zero-order chi connectivity index (χ0) is 7.40. The van der Waals surface area contributed by atoms with Gasteiger partial charge in [0.05, 0.1) is 0 Å². The van der Waals surface area contributed by atoms with Crippen LogP contribution in [0.1, 0.15) is 19.8 Å². The van der Waals surface area contributed by atoms with Gasteiger partial charge in [0.2, 0.25) is 0 Å². The summed E-state index contributed by atoms with van der Waals surface area (Å²) >= 11 is 2.09. The number of hydrogen-bond donors (Lipinski definition) is 1. The van der Waals surface area contributed by atoms with Crippen LogP contribution in [0.2, 0.25) is 0 Å². The van der Waals surface area contributed by atoms with Crippen molar-refractivity contribution in [1.82, 2.24) is 0 Å². The fourth-order valence-corrected chi connectivity index (χ4v) is 2.62. The molecule has 1 saturated heterocycles. The Balaban J connectivity index is 2.24. The summed E-state index contributed by atoms with van der Waals surface area (Å²) in [5.74, 6) is 4.39. The van der Waals surface area contributed by atoms with Gasteiger partial charge in [-0.2, -0.15) is 11.8 Å². The fourth-order valence-electron chi connectivity index (χ4n) is 1.48. The molecular weight excluding hydrogens is 142 g/mol. The zero-order valence-electron chi connectivity index (χ0n) is 6.68. The normalized spacial score (nSPS) is 24.6. The molecular formula is C8H17NS. The summed E-state index contributed by atoms with van der Waals surface area (Å²) < 4.78 is 0. The Morgan fingerprint density at radius 2 is 2.10 bits per heavy atom. The maximum Gasteiger partial charge on any atom is -0.00488 e. The molecule has 0 aromatic heterocycles. The SMILES string of the molecule is CC(CN)C1CCSCC1. The largest absolute Gasteiger partial charge is 0.330 e. The molecule has 1 nitrogen and oxygen atoms in total. The van der Waals surface area contributed by atoms with Crippen molar-refractivity contribution in [3.8, 4) is 0 Å². The third kappa shape index (κ3) is 2.17. The minimum Gasteiger partial charge on any atom is -0.330 e. The van der Waals surface area contributed by atoms with E-state index in [0.717, 1.165) is 18.4 Å². The van der Waals surface area contributed by atoms with E-state index >= 15 is 0 Å². The fraction of sp³-hybridized carbons (Fsp3) is 1.00. The summed E-state index contributed by atoms with van der Waals surface area (Å²) in [7, 11) is 0. The van der Waals surface area contributed by atoms with Crippen molar-refractivity contribution >= 4 is 11.8 Å². The van der Waals surface area contributed by atoms with Gasteiger partial charge in [-0.15, -0.1) is 0 Å². The van der Waals surface area contributed by atoms with Gasteiger partial charge in [-0.05, 0) is 42.7 Å². The van der Waals surface area contributed by atoms with Crippen LogP contribution in [0.3, 0.4) is 0 Å². The third-order valence-electron chi connectivity index (χ3n) is 2.44. The first-order valence-electron chi connectivity index (χ1n) is 4.12. The van der Waals surface area contributed by atoms with Crippen molar-refractivity contribution in [2.45, 2.75) is 19.8 Å². The molecule has 0 aromatic carbocycles. The van der Waals surface area contributed by atoms with E-state index < -0.39 is 0 Å². The lowest BCUT2D eigenvalue weighted by molar-refractivity contribution is 0.343. The first kappa shape index (κ1) is 8.41. The summed E-state index contributed by atoms with van der Waals surface area (Å²) in [4.78, 5) is 0. The van der Waals surface area contributed by atoms with E-state index in [1.807, 2.05) is 0 Å². The van der Waals surface area contributed by atoms with Crippen LogP contribution in [-0.2, 0) is 0 Å². The van der Waals surface area contributed by atoms with Gasteiger partial charge in [-0.1, -0.05) is 6.92 Å². The first-order valence-corrected chi connectivity index (χ1v) is 5.28.